The predicted molar refractivity (Wildman–Crippen MR) is 72.9 cm³/mol. The summed E-state index contributed by atoms with van der Waals surface area (Å²) in [4.78, 5) is 27.6. The second-order valence-corrected chi connectivity index (χ2v) is 4.47. The molecule has 0 amide bonds. The van der Waals surface area contributed by atoms with Crippen molar-refractivity contribution < 1.29 is 39.6 Å². The topological polar surface area (TPSA) is 143 Å². The van der Waals surface area contributed by atoms with Crippen molar-refractivity contribution in [1.82, 2.24) is 9.30 Å². The molecule has 4 N–H and O–H groups in total. The molecule has 23 heavy (non-hydrogen) atoms. The normalized spacial score (nSPS) is 10.6. The molecule has 0 aliphatic rings. The summed E-state index contributed by atoms with van der Waals surface area (Å²) in [6, 6.07) is 4.67. The van der Waals surface area contributed by atoms with Crippen molar-refractivity contribution in [3.63, 3.8) is 0 Å². The number of hydrogen-bond acceptors (Lipinski definition) is 8. The van der Waals surface area contributed by atoms with Crippen LogP contribution in [-0.4, -0.2) is 54.7 Å². The highest BCUT2D eigenvalue weighted by Gasteiger charge is 2.14. The van der Waals surface area contributed by atoms with Crippen molar-refractivity contribution in [2.75, 3.05) is 13.2 Å². The van der Waals surface area contributed by atoms with Crippen molar-refractivity contribution in [1.29, 1.82) is 0 Å². The Labute approximate surface area is 129 Å². The third kappa shape index (κ3) is 3.95. The van der Waals surface area contributed by atoms with Crippen LogP contribution in [-0.2, 0) is 20.9 Å². The summed E-state index contributed by atoms with van der Waals surface area (Å²) in [5.74, 6) is -2.99. The van der Waals surface area contributed by atoms with Gasteiger partial charge in [-0.2, -0.15) is 0 Å². The van der Waals surface area contributed by atoms with E-state index < -0.39 is 36.7 Å². The van der Waals surface area contributed by atoms with E-state index in [9.17, 15) is 30.0 Å². The molecule has 10 heteroatoms. The molecule has 2 aromatic heterocycles. The highest BCUT2D eigenvalue weighted by molar-refractivity contribution is 5.80. The smallest absolute Gasteiger partial charge is 0.358 e. The summed E-state index contributed by atoms with van der Waals surface area (Å²) in [5, 5.41) is 37.3. The molecule has 0 radical (unpaired) electrons. The maximum atomic E-state index is 11.6. The Morgan fingerprint density at radius 2 is 1.39 bits per heavy atom. The fourth-order valence-electron chi connectivity index (χ4n) is 1.70. The van der Waals surface area contributed by atoms with Crippen molar-refractivity contribution in [3.05, 3.63) is 24.3 Å². The minimum atomic E-state index is -0.953. The molecule has 0 unspecified atom stereocenters. The molecule has 2 heterocycles. The van der Waals surface area contributed by atoms with Gasteiger partial charge in [-0.15, -0.1) is 4.73 Å². The van der Waals surface area contributed by atoms with Gasteiger partial charge in [0, 0.05) is 24.3 Å². The Morgan fingerprint density at radius 1 is 0.870 bits per heavy atom. The molecule has 2 aromatic rings. The standard InChI is InChI=1S/C13H14N2O8/c16-8(5-14-9(17)1-2-10(14)18)6-22-7-13(21)23-15-11(19)3-4-12(15)20/h1-4,17-20H,5-7H2. The van der Waals surface area contributed by atoms with Crippen molar-refractivity contribution in [2.24, 2.45) is 0 Å². The van der Waals surface area contributed by atoms with E-state index in [2.05, 4.69) is 4.84 Å². The van der Waals surface area contributed by atoms with Gasteiger partial charge >= 0.3 is 5.97 Å². The molecule has 0 saturated carbocycles. The lowest BCUT2D eigenvalue weighted by Gasteiger charge is -2.08. The van der Waals surface area contributed by atoms with Gasteiger partial charge in [0.2, 0.25) is 11.8 Å². The minimum Gasteiger partial charge on any atom is -0.494 e. The first kappa shape index (κ1) is 16.2. The molecule has 0 aromatic carbocycles. The molecule has 124 valence electrons. The lowest BCUT2D eigenvalue weighted by Crippen LogP contribution is -2.25. The quantitative estimate of drug-likeness (QED) is 0.526. The number of aromatic hydroxyl groups is 4. The number of carbonyl (C=O) groups is 2. The Balaban J connectivity index is 1.76. The van der Waals surface area contributed by atoms with Crippen LogP contribution in [0.4, 0.5) is 0 Å². The van der Waals surface area contributed by atoms with Crippen LogP contribution in [0.25, 0.3) is 0 Å². The minimum absolute atomic E-state index is 0.284. The van der Waals surface area contributed by atoms with Gasteiger partial charge in [0.1, 0.15) is 13.2 Å². The number of rotatable bonds is 7. The number of hydrogen-bond donors (Lipinski definition) is 4. The molecular weight excluding hydrogens is 312 g/mol. The fourth-order valence-corrected chi connectivity index (χ4v) is 1.70. The Hall–Kier alpha value is -3.14. The second kappa shape index (κ2) is 6.75. The van der Waals surface area contributed by atoms with E-state index >= 15 is 0 Å². The second-order valence-electron chi connectivity index (χ2n) is 4.47. The summed E-state index contributed by atoms with van der Waals surface area (Å²) >= 11 is 0. The molecule has 0 aliphatic heterocycles. The van der Waals surface area contributed by atoms with Gasteiger partial charge in [-0.3, -0.25) is 9.36 Å². The molecule has 2 rings (SSSR count). The lowest BCUT2D eigenvalue weighted by molar-refractivity contribution is -0.151. The van der Waals surface area contributed by atoms with Crippen molar-refractivity contribution in [3.8, 4) is 23.5 Å². The Bertz CT molecular complexity index is 618. The molecule has 0 saturated heterocycles. The molecule has 0 aliphatic carbocycles. The third-order valence-corrected chi connectivity index (χ3v) is 2.74. The van der Waals surface area contributed by atoms with Gasteiger partial charge in [0.05, 0.1) is 6.54 Å². The molecular formula is C13H14N2O8. The number of Topliss-reactive ketones (excluding diaryl/α,β-unsaturated/α-hetero) is 1. The van der Waals surface area contributed by atoms with E-state index in [0.717, 1.165) is 16.7 Å². The summed E-state index contributed by atoms with van der Waals surface area (Å²) in [6.45, 7) is -1.40. The predicted octanol–water partition coefficient (Wildman–Crippen LogP) is -0.647. The first-order valence-electron chi connectivity index (χ1n) is 6.36. The zero-order valence-electron chi connectivity index (χ0n) is 11.7. The maximum Gasteiger partial charge on any atom is 0.358 e. The highest BCUT2D eigenvalue weighted by atomic mass is 16.7. The van der Waals surface area contributed by atoms with E-state index in [1.807, 2.05) is 0 Å². The van der Waals surface area contributed by atoms with Crippen molar-refractivity contribution >= 4 is 11.8 Å². The summed E-state index contributed by atoms with van der Waals surface area (Å²) < 4.78 is 6.28. The van der Waals surface area contributed by atoms with E-state index in [0.29, 0.717) is 4.73 Å². The number of nitrogens with zero attached hydrogens (tertiary/aromatic N) is 2. The summed E-state index contributed by atoms with van der Waals surface area (Å²) in [6.07, 6.45) is 0. The average Bonchev–Trinajstić information content (AvgIpc) is 2.97. The highest BCUT2D eigenvalue weighted by Crippen LogP contribution is 2.20. The van der Waals surface area contributed by atoms with E-state index in [4.69, 9.17) is 4.74 Å². The first-order valence-corrected chi connectivity index (χ1v) is 6.36. The average molecular weight is 326 g/mol. The number of carbonyl (C=O) groups excluding carboxylic acids is 2. The van der Waals surface area contributed by atoms with E-state index in [1.165, 1.54) is 12.1 Å². The molecule has 10 nitrogen and oxygen atoms in total. The Morgan fingerprint density at radius 3 is 1.96 bits per heavy atom. The number of ketones is 1. The van der Waals surface area contributed by atoms with Gasteiger partial charge in [-0.1, -0.05) is 0 Å². The Kier molecular flexibility index (Phi) is 4.76. The lowest BCUT2D eigenvalue weighted by atomic mass is 10.4. The van der Waals surface area contributed by atoms with Crippen LogP contribution in [0.5, 0.6) is 23.5 Å². The van der Waals surface area contributed by atoms with Crippen LogP contribution in [0.15, 0.2) is 24.3 Å². The van der Waals surface area contributed by atoms with Gasteiger partial charge in [-0.25, -0.2) is 4.79 Å². The van der Waals surface area contributed by atoms with Crippen LogP contribution < -0.4 is 4.84 Å². The fraction of sp³-hybridized carbons (Fsp3) is 0.231. The third-order valence-electron chi connectivity index (χ3n) is 2.74. The van der Waals surface area contributed by atoms with Crippen LogP contribution in [0.1, 0.15) is 0 Å². The van der Waals surface area contributed by atoms with Crippen LogP contribution in [0.3, 0.4) is 0 Å². The number of ether oxygens (including phenoxy) is 1. The van der Waals surface area contributed by atoms with E-state index in [-0.39, 0.29) is 18.3 Å². The summed E-state index contributed by atoms with van der Waals surface area (Å²) in [5.41, 5.74) is 0. The van der Waals surface area contributed by atoms with Crippen molar-refractivity contribution in [2.45, 2.75) is 6.54 Å². The molecule has 0 spiro atoms. The largest absolute Gasteiger partial charge is 0.494 e. The SMILES string of the molecule is O=C(COCC(=O)On1c(O)ccc1O)Cn1c(O)ccc1O. The van der Waals surface area contributed by atoms with E-state index in [1.54, 1.807) is 0 Å². The van der Waals surface area contributed by atoms with Gasteiger partial charge in [-0.05, 0) is 0 Å². The van der Waals surface area contributed by atoms with Crippen LogP contribution >= 0.6 is 0 Å². The first-order chi connectivity index (χ1) is 10.9. The molecule has 0 atom stereocenters. The van der Waals surface area contributed by atoms with Crippen LogP contribution in [0, 0.1) is 0 Å². The van der Waals surface area contributed by atoms with Gasteiger partial charge in [0.25, 0.3) is 0 Å². The molecule has 0 fully saturated rings. The zero-order valence-corrected chi connectivity index (χ0v) is 11.7. The van der Waals surface area contributed by atoms with Gasteiger partial charge in [0.15, 0.2) is 17.5 Å². The number of aromatic nitrogens is 2. The summed E-state index contributed by atoms with van der Waals surface area (Å²) in [7, 11) is 0. The monoisotopic (exact) mass is 326 g/mol. The van der Waals surface area contributed by atoms with Gasteiger partial charge < -0.3 is 30.0 Å². The molecule has 0 bridgehead atoms. The maximum absolute atomic E-state index is 11.6. The zero-order chi connectivity index (χ0) is 17.0. The van der Waals surface area contributed by atoms with Crippen LogP contribution in [0.2, 0.25) is 0 Å².